The Balaban J connectivity index is 1.88. The fourth-order valence-electron chi connectivity index (χ4n) is 3.91. The van der Waals surface area contributed by atoms with E-state index in [4.69, 9.17) is 4.74 Å². The van der Waals surface area contributed by atoms with Crippen molar-refractivity contribution in [2.45, 2.75) is 64.7 Å². The van der Waals surface area contributed by atoms with Crippen molar-refractivity contribution in [3.63, 3.8) is 0 Å². The van der Waals surface area contributed by atoms with Gasteiger partial charge in [0.2, 0.25) is 0 Å². The van der Waals surface area contributed by atoms with Gasteiger partial charge in [0.25, 0.3) is 0 Å². The SMILES string of the molecule is CCC(C)(C)C(=O)Oc1ccc(C2(c3ccc(O)cc3)CCCCC2)cc1. The van der Waals surface area contributed by atoms with Crippen molar-refractivity contribution < 1.29 is 14.6 Å². The number of phenols is 1. The second-order valence-corrected chi connectivity index (χ2v) is 8.34. The summed E-state index contributed by atoms with van der Waals surface area (Å²) in [5.41, 5.74) is 1.99. The molecule has 0 amide bonds. The summed E-state index contributed by atoms with van der Waals surface area (Å²) < 4.78 is 5.59. The van der Waals surface area contributed by atoms with Crippen LogP contribution in [0.4, 0.5) is 0 Å². The maximum atomic E-state index is 12.3. The highest BCUT2D eigenvalue weighted by molar-refractivity contribution is 5.78. The molecule has 144 valence electrons. The second kappa shape index (κ2) is 7.75. The lowest BCUT2D eigenvalue weighted by Gasteiger charge is -2.38. The van der Waals surface area contributed by atoms with Crippen LogP contribution in [0.2, 0.25) is 0 Å². The minimum Gasteiger partial charge on any atom is -0.508 e. The summed E-state index contributed by atoms with van der Waals surface area (Å²) in [6.07, 6.45) is 6.60. The monoisotopic (exact) mass is 366 g/mol. The number of hydrogen-bond donors (Lipinski definition) is 1. The zero-order chi connectivity index (χ0) is 19.5. The zero-order valence-corrected chi connectivity index (χ0v) is 16.6. The van der Waals surface area contributed by atoms with Gasteiger partial charge in [0, 0.05) is 5.41 Å². The number of aromatic hydroxyl groups is 1. The van der Waals surface area contributed by atoms with Crippen molar-refractivity contribution in [3.05, 3.63) is 59.7 Å². The molecule has 0 aromatic heterocycles. The summed E-state index contributed by atoms with van der Waals surface area (Å²) in [7, 11) is 0. The van der Waals surface area contributed by atoms with E-state index in [9.17, 15) is 9.90 Å². The predicted molar refractivity (Wildman–Crippen MR) is 108 cm³/mol. The van der Waals surface area contributed by atoms with Crippen LogP contribution in [0, 0.1) is 5.41 Å². The smallest absolute Gasteiger partial charge is 0.316 e. The van der Waals surface area contributed by atoms with Gasteiger partial charge in [-0.05, 0) is 68.5 Å². The molecule has 0 aliphatic heterocycles. The van der Waals surface area contributed by atoms with Gasteiger partial charge in [0.1, 0.15) is 11.5 Å². The van der Waals surface area contributed by atoms with Crippen LogP contribution in [0.15, 0.2) is 48.5 Å². The maximum Gasteiger partial charge on any atom is 0.316 e. The summed E-state index contributed by atoms with van der Waals surface area (Å²) >= 11 is 0. The van der Waals surface area contributed by atoms with Gasteiger partial charge in [-0.2, -0.15) is 0 Å². The molecule has 1 aliphatic carbocycles. The molecule has 2 aromatic rings. The molecule has 3 rings (SSSR count). The number of hydrogen-bond acceptors (Lipinski definition) is 3. The average Bonchev–Trinajstić information content (AvgIpc) is 2.69. The lowest BCUT2D eigenvalue weighted by molar-refractivity contribution is -0.144. The van der Waals surface area contributed by atoms with E-state index >= 15 is 0 Å². The summed E-state index contributed by atoms with van der Waals surface area (Å²) in [6.45, 7) is 5.81. The summed E-state index contributed by atoms with van der Waals surface area (Å²) in [5.74, 6) is 0.705. The molecule has 0 atom stereocenters. The van der Waals surface area contributed by atoms with E-state index in [0.717, 1.165) is 19.3 Å². The Morgan fingerprint density at radius 3 is 2.00 bits per heavy atom. The first kappa shape index (κ1) is 19.5. The third kappa shape index (κ3) is 4.02. The second-order valence-electron chi connectivity index (χ2n) is 8.34. The molecule has 2 aromatic carbocycles. The molecule has 3 heteroatoms. The Labute approximate surface area is 162 Å². The van der Waals surface area contributed by atoms with E-state index in [2.05, 4.69) is 12.1 Å². The summed E-state index contributed by atoms with van der Waals surface area (Å²) in [6, 6.07) is 15.6. The Kier molecular flexibility index (Phi) is 5.59. The number of phenolic OH excluding ortho intramolecular Hbond substituents is 1. The highest BCUT2D eigenvalue weighted by Crippen LogP contribution is 2.45. The number of rotatable bonds is 5. The van der Waals surface area contributed by atoms with Crippen LogP contribution in [0.3, 0.4) is 0 Å². The Bertz CT molecular complexity index is 766. The largest absolute Gasteiger partial charge is 0.508 e. The molecule has 0 heterocycles. The third-order valence-corrected chi connectivity index (χ3v) is 6.18. The Morgan fingerprint density at radius 1 is 0.963 bits per heavy atom. The van der Waals surface area contributed by atoms with Crippen molar-refractivity contribution >= 4 is 5.97 Å². The average molecular weight is 367 g/mol. The van der Waals surface area contributed by atoms with E-state index < -0.39 is 5.41 Å². The highest BCUT2D eigenvalue weighted by atomic mass is 16.5. The molecular weight excluding hydrogens is 336 g/mol. The highest BCUT2D eigenvalue weighted by Gasteiger charge is 2.35. The van der Waals surface area contributed by atoms with E-state index in [0.29, 0.717) is 11.5 Å². The molecule has 0 unspecified atom stereocenters. The maximum absolute atomic E-state index is 12.3. The first-order valence-electron chi connectivity index (χ1n) is 10.00. The molecule has 27 heavy (non-hydrogen) atoms. The topological polar surface area (TPSA) is 46.5 Å². The van der Waals surface area contributed by atoms with Gasteiger partial charge in [-0.1, -0.05) is 50.5 Å². The molecule has 0 saturated heterocycles. The van der Waals surface area contributed by atoms with Crippen molar-refractivity contribution in [2.75, 3.05) is 0 Å². The van der Waals surface area contributed by atoms with Gasteiger partial charge in [0.15, 0.2) is 0 Å². The minimum absolute atomic E-state index is 0.0306. The van der Waals surface area contributed by atoms with Crippen LogP contribution in [0.1, 0.15) is 70.4 Å². The van der Waals surface area contributed by atoms with Crippen LogP contribution in [-0.4, -0.2) is 11.1 Å². The minimum atomic E-state index is -0.477. The van der Waals surface area contributed by atoms with Crippen LogP contribution in [-0.2, 0) is 10.2 Å². The van der Waals surface area contributed by atoms with Crippen molar-refractivity contribution in [2.24, 2.45) is 5.41 Å². The number of benzene rings is 2. The van der Waals surface area contributed by atoms with Crippen LogP contribution >= 0.6 is 0 Å². The van der Waals surface area contributed by atoms with Gasteiger partial charge in [-0.3, -0.25) is 4.79 Å². The summed E-state index contributed by atoms with van der Waals surface area (Å²) in [4.78, 5) is 12.3. The molecule has 1 saturated carbocycles. The predicted octanol–water partition coefficient (Wildman–Crippen LogP) is 5.98. The molecule has 1 fully saturated rings. The zero-order valence-electron chi connectivity index (χ0n) is 16.6. The molecular formula is C24H30O3. The summed E-state index contributed by atoms with van der Waals surface area (Å²) in [5, 5.41) is 9.67. The van der Waals surface area contributed by atoms with Gasteiger partial charge in [-0.25, -0.2) is 0 Å². The lowest BCUT2D eigenvalue weighted by Crippen LogP contribution is -2.30. The van der Waals surface area contributed by atoms with E-state index in [-0.39, 0.29) is 11.4 Å². The van der Waals surface area contributed by atoms with Gasteiger partial charge in [-0.15, -0.1) is 0 Å². The van der Waals surface area contributed by atoms with E-state index in [1.165, 1.54) is 30.4 Å². The van der Waals surface area contributed by atoms with Gasteiger partial charge >= 0.3 is 5.97 Å². The Morgan fingerprint density at radius 2 is 1.48 bits per heavy atom. The number of ether oxygens (including phenoxy) is 1. The molecule has 3 nitrogen and oxygen atoms in total. The first-order chi connectivity index (χ1) is 12.9. The van der Waals surface area contributed by atoms with Crippen molar-refractivity contribution in [1.29, 1.82) is 0 Å². The fourth-order valence-corrected chi connectivity index (χ4v) is 3.91. The quantitative estimate of drug-likeness (QED) is 0.523. The molecule has 0 bridgehead atoms. The van der Waals surface area contributed by atoms with Crippen molar-refractivity contribution in [1.82, 2.24) is 0 Å². The molecule has 1 N–H and O–H groups in total. The lowest BCUT2D eigenvalue weighted by atomic mass is 9.65. The van der Waals surface area contributed by atoms with Gasteiger partial charge in [0.05, 0.1) is 5.41 Å². The standard InChI is InChI=1S/C24H30O3/c1-4-23(2,3)22(26)27-21-14-10-19(11-15-21)24(16-6-5-7-17-24)18-8-12-20(25)13-9-18/h8-15,25H,4-7,16-17H2,1-3H3. The normalized spacial score (nSPS) is 16.7. The number of esters is 1. The van der Waals surface area contributed by atoms with E-state index in [1.54, 1.807) is 12.1 Å². The molecule has 0 radical (unpaired) electrons. The number of carbonyl (C=O) groups is 1. The fraction of sp³-hybridized carbons (Fsp3) is 0.458. The third-order valence-electron chi connectivity index (χ3n) is 6.18. The van der Waals surface area contributed by atoms with Crippen molar-refractivity contribution in [3.8, 4) is 11.5 Å². The van der Waals surface area contributed by atoms with E-state index in [1.807, 2.05) is 45.0 Å². The molecule has 1 aliphatic rings. The van der Waals surface area contributed by atoms with Crippen LogP contribution in [0.25, 0.3) is 0 Å². The molecule has 0 spiro atoms. The van der Waals surface area contributed by atoms with Crippen LogP contribution < -0.4 is 4.74 Å². The van der Waals surface area contributed by atoms with Gasteiger partial charge < -0.3 is 9.84 Å². The first-order valence-corrected chi connectivity index (χ1v) is 10.00. The number of carbonyl (C=O) groups excluding carboxylic acids is 1. The van der Waals surface area contributed by atoms with Crippen LogP contribution in [0.5, 0.6) is 11.5 Å². The Hall–Kier alpha value is -2.29.